The molecule has 1 aromatic carbocycles. The average molecular weight is 300 g/mol. The second-order valence-electron chi connectivity index (χ2n) is 5.21. The highest BCUT2D eigenvalue weighted by Gasteiger charge is 2.31. The molecule has 1 heterocycles. The number of rotatable bonds is 4. The van der Waals surface area contributed by atoms with Gasteiger partial charge >= 0.3 is 6.18 Å². The molecule has 0 saturated carbocycles. The number of benzene rings is 1. The topological polar surface area (TPSA) is 32.3 Å². The molecule has 1 aliphatic heterocycles. The van der Waals surface area contributed by atoms with E-state index in [2.05, 4.69) is 5.32 Å². The standard InChI is InChI=1S/C15H19F3N2O/c1-2-19-13-4-3-9-20(14(13)21)10-11-5-7-12(8-6-11)15(16,17)18/h5-8,13,19H,2-4,9-10H2,1H3. The minimum Gasteiger partial charge on any atom is -0.337 e. The van der Waals surface area contributed by atoms with Gasteiger partial charge in [0.05, 0.1) is 11.6 Å². The maximum atomic E-state index is 12.5. The molecule has 6 heteroatoms. The number of halogens is 3. The maximum Gasteiger partial charge on any atom is 0.416 e. The van der Waals surface area contributed by atoms with Crippen molar-refractivity contribution in [2.24, 2.45) is 0 Å². The fourth-order valence-corrected chi connectivity index (χ4v) is 2.55. The van der Waals surface area contributed by atoms with Crippen LogP contribution >= 0.6 is 0 Å². The molecule has 1 amide bonds. The number of likely N-dealkylation sites (tertiary alicyclic amines) is 1. The Morgan fingerprint density at radius 1 is 1.29 bits per heavy atom. The molecule has 0 aliphatic carbocycles. The molecule has 3 nitrogen and oxygen atoms in total. The Bertz CT molecular complexity index is 483. The van der Waals surface area contributed by atoms with Crippen LogP contribution in [0.1, 0.15) is 30.9 Å². The van der Waals surface area contributed by atoms with E-state index in [4.69, 9.17) is 0 Å². The number of hydrogen-bond donors (Lipinski definition) is 1. The lowest BCUT2D eigenvalue weighted by molar-refractivity contribution is -0.138. The number of hydrogen-bond acceptors (Lipinski definition) is 2. The third-order valence-electron chi connectivity index (χ3n) is 3.64. The van der Waals surface area contributed by atoms with Crippen LogP contribution in [0.4, 0.5) is 13.2 Å². The Morgan fingerprint density at radius 3 is 2.52 bits per heavy atom. The fraction of sp³-hybridized carbons (Fsp3) is 0.533. The monoisotopic (exact) mass is 300 g/mol. The highest BCUT2D eigenvalue weighted by Crippen LogP contribution is 2.29. The van der Waals surface area contributed by atoms with Gasteiger partial charge in [-0.05, 0) is 37.1 Å². The molecule has 1 aromatic rings. The summed E-state index contributed by atoms with van der Waals surface area (Å²) in [5.41, 5.74) is 0.0512. The molecule has 116 valence electrons. The zero-order valence-electron chi connectivity index (χ0n) is 11.9. The number of nitrogens with one attached hydrogen (secondary N) is 1. The summed E-state index contributed by atoms with van der Waals surface area (Å²) in [5, 5.41) is 3.14. The van der Waals surface area contributed by atoms with Crippen LogP contribution in [0.2, 0.25) is 0 Å². The van der Waals surface area contributed by atoms with E-state index in [1.807, 2.05) is 6.92 Å². The van der Waals surface area contributed by atoms with E-state index in [0.717, 1.165) is 31.5 Å². The lowest BCUT2D eigenvalue weighted by Gasteiger charge is -2.32. The van der Waals surface area contributed by atoms with Crippen LogP contribution in [0.15, 0.2) is 24.3 Å². The molecule has 1 saturated heterocycles. The van der Waals surface area contributed by atoms with Crippen molar-refractivity contribution in [3.05, 3.63) is 35.4 Å². The van der Waals surface area contributed by atoms with Crippen LogP contribution in [-0.4, -0.2) is 29.9 Å². The second kappa shape index (κ2) is 6.47. The minimum absolute atomic E-state index is 0.0306. The van der Waals surface area contributed by atoms with Crippen molar-refractivity contribution < 1.29 is 18.0 Å². The highest BCUT2D eigenvalue weighted by atomic mass is 19.4. The summed E-state index contributed by atoms with van der Waals surface area (Å²) in [4.78, 5) is 13.9. The van der Waals surface area contributed by atoms with Gasteiger partial charge in [-0.2, -0.15) is 13.2 Å². The van der Waals surface area contributed by atoms with Crippen LogP contribution in [0.25, 0.3) is 0 Å². The molecule has 1 aliphatic rings. The van der Waals surface area contributed by atoms with E-state index in [0.29, 0.717) is 18.7 Å². The Labute approximate surface area is 122 Å². The van der Waals surface area contributed by atoms with Crippen molar-refractivity contribution >= 4 is 5.91 Å². The quantitative estimate of drug-likeness (QED) is 0.927. The van der Waals surface area contributed by atoms with Gasteiger partial charge in [0.1, 0.15) is 0 Å². The summed E-state index contributed by atoms with van der Waals surface area (Å²) in [6.07, 6.45) is -2.60. The first-order valence-electron chi connectivity index (χ1n) is 7.10. The molecule has 1 fully saturated rings. The van der Waals surface area contributed by atoms with Crippen LogP contribution < -0.4 is 5.32 Å². The highest BCUT2D eigenvalue weighted by molar-refractivity contribution is 5.82. The zero-order chi connectivity index (χ0) is 15.5. The molecule has 2 rings (SSSR count). The van der Waals surface area contributed by atoms with Gasteiger partial charge in [-0.3, -0.25) is 4.79 Å². The van der Waals surface area contributed by atoms with Crippen molar-refractivity contribution in [2.45, 2.75) is 38.5 Å². The van der Waals surface area contributed by atoms with Crippen LogP contribution in [0, 0.1) is 0 Å². The minimum atomic E-state index is -4.32. The number of alkyl halides is 3. The largest absolute Gasteiger partial charge is 0.416 e. The number of carbonyl (C=O) groups excluding carboxylic acids is 1. The number of amides is 1. The Hall–Kier alpha value is -1.56. The zero-order valence-corrected chi connectivity index (χ0v) is 11.9. The molecular formula is C15H19F3N2O. The Morgan fingerprint density at radius 2 is 1.95 bits per heavy atom. The van der Waals surface area contributed by atoms with Crippen molar-refractivity contribution in [3.63, 3.8) is 0 Å². The van der Waals surface area contributed by atoms with Crippen LogP contribution in [-0.2, 0) is 17.5 Å². The lowest BCUT2D eigenvalue weighted by atomic mass is 10.0. The number of nitrogens with zero attached hydrogens (tertiary/aromatic N) is 1. The van der Waals surface area contributed by atoms with Crippen molar-refractivity contribution in [1.82, 2.24) is 10.2 Å². The smallest absolute Gasteiger partial charge is 0.337 e. The summed E-state index contributed by atoms with van der Waals surface area (Å²) in [7, 11) is 0. The molecule has 1 atom stereocenters. The third kappa shape index (κ3) is 3.97. The van der Waals surface area contributed by atoms with Gasteiger partial charge in [-0.1, -0.05) is 19.1 Å². The predicted octanol–water partition coefficient (Wildman–Crippen LogP) is 2.81. The predicted molar refractivity (Wildman–Crippen MR) is 73.6 cm³/mol. The molecule has 0 aromatic heterocycles. The van der Waals surface area contributed by atoms with Gasteiger partial charge in [0.25, 0.3) is 0 Å². The van der Waals surface area contributed by atoms with E-state index in [1.165, 1.54) is 12.1 Å². The van der Waals surface area contributed by atoms with E-state index < -0.39 is 11.7 Å². The van der Waals surface area contributed by atoms with Crippen molar-refractivity contribution in [1.29, 1.82) is 0 Å². The van der Waals surface area contributed by atoms with E-state index in [1.54, 1.807) is 4.90 Å². The van der Waals surface area contributed by atoms with Gasteiger partial charge in [0.2, 0.25) is 5.91 Å². The fourth-order valence-electron chi connectivity index (χ4n) is 2.55. The molecule has 0 spiro atoms. The van der Waals surface area contributed by atoms with E-state index >= 15 is 0 Å². The van der Waals surface area contributed by atoms with Gasteiger partial charge in [-0.15, -0.1) is 0 Å². The SMILES string of the molecule is CCNC1CCCN(Cc2ccc(C(F)(F)F)cc2)C1=O. The van der Waals surface area contributed by atoms with Gasteiger partial charge < -0.3 is 10.2 Å². The first-order valence-corrected chi connectivity index (χ1v) is 7.10. The van der Waals surface area contributed by atoms with Gasteiger partial charge in [-0.25, -0.2) is 0 Å². The van der Waals surface area contributed by atoms with Crippen molar-refractivity contribution in [3.8, 4) is 0 Å². The average Bonchev–Trinajstić information content (AvgIpc) is 2.43. The summed E-state index contributed by atoms with van der Waals surface area (Å²) in [6, 6.07) is 4.83. The number of likely N-dealkylation sites (N-methyl/N-ethyl adjacent to an activating group) is 1. The van der Waals surface area contributed by atoms with Gasteiger partial charge in [0.15, 0.2) is 0 Å². The van der Waals surface area contributed by atoms with Crippen molar-refractivity contribution in [2.75, 3.05) is 13.1 Å². The first kappa shape index (κ1) is 15.8. The molecule has 0 radical (unpaired) electrons. The Kier molecular flexibility index (Phi) is 4.88. The molecule has 0 bridgehead atoms. The molecule has 21 heavy (non-hydrogen) atoms. The molecule has 1 unspecified atom stereocenters. The molecule has 1 N–H and O–H groups in total. The summed E-state index contributed by atoms with van der Waals surface area (Å²) in [5.74, 6) is 0.0306. The lowest BCUT2D eigenvalue weighted by Crippen LogP contribution is -2.50. The Balaban J connectivity index is 2.02. The number of carbonyl (C=O) groups is 1. The third-order valence-corrected chi connectivity index (χ3v) is 3.64. The first-order chi connectivity index (χ1) is 9.91. The van der Waals surface area contributed by atoms with Crippen LogP contribution in [0.5, 0.6) is 0 Å². The summed E-state index contributed by atoms with van der Waals surface area (Å²) in [6.45, 7) is 3.69. The summed E-state index contributed by atoms with van der Waals surface area (Å²) >= 11 is 0. The number of piperidine rings is 1. The molecular weight excluding hydrogens is 281 g/mol. The normalized spacial score (nSPS) is 19.9. The van der Waals surface area contributed by atoms with Crippen LogP contribution in [0.3, 0.4) is 0 Å². The van der Waals surface area contributed by atoms with E-state index in [9.17, 15) is 18.0 Å². The van der Waals surface area contributed by atoms with Gasteiger partial charge in [0, 0.05) is 13.1 Å². The maximum absolute atomic E-state index is 12.5. The van der Waals surface area contributed by atoms with E-state index in [-0.39, 0.29) is 11.9 Å². The summed E-state index contributed by atoms with van der Waals surface area (Å²) < 4.78 is 37.5. The second-order valence-corrected chi connectivity index (χ2v) is 5.21.